The smallest absolute Gasteiger partial charge is 0.0374 e. The molecule has 0 saturated heterocycles. The number of benzene rings is 1. The SMILES string of the molecule is CCC(C)(C)Nc1ccc(Br)cc1C. The van der Waals surface area contributed by atoms with Crippen LogP contribution in [0.15, 0.2) is 22.7 Å². The van der Waals surface area contributed by atoms with E-state index in [1.807, 2.05) is 0 Å². The number of hydrogen-bond donors (Lipinski definition) is 1. The normalized spacial score (nSPS) is 11.5. The van der Waals surface area contributed by atoms with Gasteiger partial charge in [0.15, 0.2) is 0 Å². The Labute approximate surface area is 95.0 Å². The minimum Gasteiger partial charge on any atom is -0.380 e. The van der Waals surface area contributed by atoms with Crippen molar-refractivity contribution < 1.29 is 0 Å². The van der Waals surface area contributed by atoms with Crippen LogP contribution in [-0.4, -0.2) is 5.54 Å². The van der Waals surface area contributed by atoms with E-state index >= 15 is 0 Å². The van der Waals surface area contributed by atoms with Gasteiger partial charge >= 0.3 is 0 Å². The molecule has 14 heavy (non-hydrogen) atoms. The van der Waals surface area contributed by atoms with Gasteiger partial charge in [-0.25, -0.2) is 0 Å². The molecule has 0 unspecified atom stereocenters. The van der Waals surface area contributed by atoms with E-state index in [1.54, 1.807) is 0 Å². The molecule has 0 atom stereocenters. The van der Waals surface area contributed by atoms with Crippen LogP contribution in [0.25, 0.3) is 0 Å². The lowest BCUT2D eigenvalue weighted by Crippen LogP contribution is -2.29. The van der Waals surface area contributed by atoms with Gasteiger partial charge in [0.2, 0.25) is 0 Å². The number of aryl methyl sites for hydroxylation is 1. The molecule has 0 spiro atoms. The summed E-state index contributed by atoms with van der Waals surface area (Å²) in [6, 6.07) is 6.33. The third-order valence-corrected chi connectivity index (χ3v) is 3.04. The second-order valence-electron chi connectivity index (χ2n) is 4.32. The first-order chi connectivity index (χ1) is 6.44. The fourth-order valence-electron chi connectivity index (χ4n) is 1.22. The van der Waals surface area contributed by atoms with Crippen molar-refractivity contribution in [1.82, 2.24) is 0 Å². The second-order valence-corrected chi connectivity index (χ2v) is 5.24. The average molecular weight is 256 g/mol. The highest BCUT2D eigenvalue weighted by atomic mass is 79.9. The van der Waals surface area contributed by atoms with E-state index in [0.29, 0.717) is 0 Å². The van der Waals surface area contributed by atoms with E-state index in [4.69, 9.17) is 0 Å². The van der Waals surface area contributed by atoms with E-state index in [0.717, 1.165) is 10.9 Å². The molecular formula is C12H18BrN. The lowest BCUT2D eigenvalue weighted by Gasteiger charge is -2.27. The Morgan fingerprint density at radius 1 is 1.36 bits per heavy atom. The summed E-state index contributed by atoms with van der Waals surface area (Å²) in [4.78, 5) is 0. The van der Waals surface area contributed by atoms with Gasteiger partial charge in [0.05, 0.1) is 0 Å². The quantitative estimate of drug-likeness (QED) is 0.847. The van der Waals surface area contributed by atoms with Gasteiger partial charge in [0.25, 0.3) is 0 Å². The van der Waals surface area contributed by atoms with Crippen LogP contribution < -0.4 is 5.32 Å². The van der Waals surface area contributed by atoms with Crippen molar-refractivity contribution >= 4 is 21.6 Å². The summed E-state index contributed by atoms with van der Waals surface area (Å²) >= 11 is 3.47. The van der Waals surface area contributed by atoms with Crippen molar-refractivity contribution in [2.75, 3.05) is 5.32 Å². The molecule has 0 saturated carbocycles. The Morgan fingerprint density at radius 2 is 2.00 bits per heavy atom. The molecule has 0 amide bonds. The molecule has 0 heterocycles. The summed E-state index contributed by atoms with van der Waals surface area (Å²) in [5.41, 5.74) is 2.67. The fourth-order valence-corrected chi connectivity index (χ4v) is 1.70. The highest BCUT2D eigenvalue weighted by Gasteiger charge is 2.14. The zero-order valence-corrected chi connectivity index (χ0v) is 10.9. The summed E-state index contributed by atoms with van der Waals surface area (Å²) in [6.45, 7) is 8.75. The van der Waals surface area contributed by atoms with Crippen LogP contribution in [0, 0.1) is 6.92 Å². The van der Waals surface area contributed by atoms with Crippen molar-refractivity contribution in [3.8, 4) is 0 Å². The molecule has 2 heteroatoms. The molecule has 78 valence electrons. The largest absolute Gasteiger partial charge is 0.380 e. The molecule has 1 aromatic rings. The summed E-state index contributed by atoms with van der Waals surface area (Å²) in [6.07, 6.45) is 1.11. The van der Waals surface area contributed by atoms with Crippen LogP contribution in [0.5, 0.6) is 0 Å². The number of nitrogens with one attached hydrogen (secondary N) is 1. The zero-order chi connectivity index (χ0) is 10.8. The Balaban J connectivity index is 2.87. The third kappa shape index (κ3) is 3.02. The molecule has 0 aliphatic rings. The number of rotatable bonds is 3. The van der Waals surface area contributed by atoms with E-state index in [1.165, 1.54) is 11.3 Å². The van der Waals surface area contributed by atoms with E-state index in [-0.39, 0.29) is 5.54 Å². The van der Waals surface area contributed by atoms with Crippen LogP contribution >= 0.6 is 15.9 Å². The van der Waals surface area contributed by atoms with Crippen LogP contribution in [0.3, 0.4) is 0 Å². The first-order valence-corrected chi connectivity index (χ1v) is 5.78. The summed E-state index contributed by atoms with van der Waals surface area (Å²) in [7, 11) is 0. The maximum atomic E-state index is 3.54. The maximum Gasteiger partial charge on any atom is 0.0374 e. The van der Waals surface area contributed by atoms with Gasteiger partial charge in [-0.3, -0.25) is 0 Å². The lowest BCUT2D eigenvalue weighted by atomic mass is 10.0. The van der Waals surface area contributed by atoms with Crippen LogP contribution in [0.2, 0.25) is 0 Å². The minimum absolute atomic E-state index is 0.165. The molecule has 0 bridgehead atoms. The van der Waals surface area contributed by atoms with Crippen molar-refractivity contribution in [1.29, 1.82) is 0 Å². The van der Waals surface area contributed by atoms with E-state index in [2.05, 4.69) is 67.1 Å². The highest BCUT2D eigenvalue weighted by Crippen LogP contribution is 2.24. The first kappa shape index (κ1) is 11.6. The van der Waals surface area contributed by atoms with Crippen molar-refractivity contribution in [3.63, 3.8) is 0 Å². The number of halogens is 1. The molecule has 1 rings (SSSR count). The van der Waals surface area contributed by atoms with Gasteiger partial charge in [-0.2, -0.15) is 0 Å². The van der Waals surface area contributed by atoms with Crippen molar-refractivity contribution in [2.24, 2.45) is 0 Å². The molecule has 0 aromatic heterocycles. The summed E-state index contributed by atoms with van der Waals surface area (Å²) < 4.78 is 1.13. The zero-order valence-electron chi connectivity index (χ0n) is 9.32. The number of anilines is 1. The molecule has 0 fully saturated rings. The van der Waals surface area contributed by atoms with Gasteiger partial charge in [0.1, 0.15) is 0 Å². The predicted octanol–water partition coefficient (Wildman–Crippen LogP) is 4.36. The molecule has 1 aromatic carbocycles. The van der Waals surface area contributed by atoms with Crippen molar-refractivity contribution in [3.05, 3.63) is 28.2 Å². The Morgan fingerprint density at radius 3 is 2.50 bits per heavy atom. The van der Waals surface area contributed by atoms with Gasteiger partial charge in [0, 0.05) is 15.7 Å². The van der Waals surface area contributed by atoms with Crippen LogP contribution in [0.1, 0.15) is 32.8 Å². The lowest BCUT2D eigenvalue weighted by molar-refractivity contribution is 0.547. The predicted molar refractivity (Wildman–Crippen MR) is 66.9 cm³/mol. The Kier molecular flexibility index (Phi) is 3.59. The third-order valence-electron chi connectivity index (χ3n) is 2.55. The fraction of sp³-hybridized carbons (Fsp3) is 0.500. The molecule has 1 N–H and O–H groups in total. The Bertz CT molecular complexity index is 318. The molecular weight excluding hydrogens is 238 g/mol. The van der Waals surface area contributed by atoms with Gasteiger partial charge in [-0.15, -0.1) is 0 Å². The highest BCUT2D eigenvalue weighted by molar-refractivity contribution is 9.10. The maximum absolute atomic E-state index is 3.54. The topological polar surface area (TPSA) is 12.0 Å². The summed E-state index contributed by atoms with van der Waals surface area (Å²) in [5.74, 6) is 0. The van der Waals surface area contributed by atoms with Crippen molar-refractivity contribution in [2.45, 2.75) is 39.7 Å². The summed E-state index contributed by atoms with van der Waals surface area (Å²) in [5, 5.41) is 3.54. The van der Waals surface area contributed by atoms with E-state index < -0.39 is 0 Å². The van der Waals surface area contributed by atoms with Crippen LogP contribution in [-0.2, 0) is 0 Å². The Hall–Kier alpha value is -0.500. The second kappa shape index (κ2) is 4.35. The van der Waals surface area contributed by atoms with Gasteiger partial charge in [-0.05, 0) is 51.0 Å². The average Bonchev–Trinajstić information content (AvgIpc) is 2.10. The molecule has 0 radical (unpaired) electrons. The van der Waals surface area contributed by atoms with Gasteiger partial charge in [-0.1, -0.05) is 22.9 Å². The molecule has 1 nitrogen and oxygen atoms in total. The standard InChI is InChI=1S/C12H18BrN/c1-5-12(3,4)14-11-7-6-10(13)8-9(11)2/h6-8,14H,5H2,1-4H3. The van der Waals surface area contributed by atoms with Crippen LogP contribution in [0.4, 0.5) is 5.69 Å². The number of hydrogen-bond acceptors (Lipinski definition) is 1. The van der Waals surface area contributed by atoms with E-state index in [9.17, 15) is 0 Å². The van der Waals surface area contributed by atoms with Gasteiger partial charge < -0.3 is 5.32 Å². The minimum atomic E-state index is 0.165. The monoisotopic (exact) mass is 255 g/mol. The molecule has 0 aliphatic carbocycles. The first-order valence-electron chi connectivity index (χ1n) is 4.99. The molecule has 0 aliphatic heterocycles.